The van der Waals surface area contributed by atoms with Gasteiger partial charge in [0.15, 0.2) is 0 Å². The van der Waals surface area contributed by atoms with Crippen molar-refractivity contribution in [1.29, 1.82) is 5.41 Å². The Morgan fingerprint density at radius 3 is 2.56 bits per heavy atom. The van der Waals surface area contributed by atoms with E-state index in [1.165, 1.54) is 12.1 Å². The molecule has 1 heterocycles. The number of likely N-dealkylation sites (N-methyl/N-ethyl adjacent to an activating group) is 1. The molecule has 0 bridgehead atoms. The van der Waals surface area contributed by atoms with E-state index in [1.807, 2.05) is 0 Å². The van der Waals surface area contributed by atoms with E-state index in [2.05, 4.69) is 16.8 Å². The third-order valence-electron chi connectivity index (χ3n) is 3.27. The summed E-state index contributed by atoms with van der Waals surface area (Å²) in [5.74, 6) is -0.416. The van der Waals surface area contributed by atoms with Crippen molar-refractivity contribution in [2.45, 2.75) is 6.54 Å². The van der Waals surface area contributed by atoms with Crippen molar-refractivity contribution in [3.8, 4) is 0 Å². The van der Waals surface area contributed by atoms with Gasteiger partial charge in [-0.3, -0.25) is 10.3 Å². The Balaban J connectivity index is 2.07. The SMILES string of the molecule is CN1CCN(Cc2cc(F)cc(C(=N)N)c2)CC1. The van der Waals surface area contributed by atoms with Crippen molar-refractivity contribution in [2.24, 2.45) is 5.73 Å². The molecule has 1 aliphatic heterocycles. The van der Waals surface area contributed by atoms with Gasteiger partial charge in [-0.15, -0.1) is 0 Å². The standard InChI is InChI=1S/C13H19FN4/c1-17-2-4-18(5-3-17)9-10-6-11(13(15)16)8-12(14)7-10/h6-8H,2-5,9H2,1H3,(H3,15,16). The fraction of sp³-hybridized carbons (Fsp3) is 0.462. The minimum atomic E-state index is -0.327. The van der Waals surface area contributed by atoms with Crippen LogP contribution in [0, 0.1) is 11.2 Å². The number of piperazine rings is 1. The first-order chi connectivity index (χ1) is 8.54. The molecule has 98 valence electrons. The largest absolute Gasteiger partial charge is 0.384 e. The lowest BCUT2D eigenvalue weighted by atomic mass is 10.1. The molecule has 5 heteroatoms. The van der Waals surface area contributed by atoms with Crippen molar-refractivity contribution in [3.63, 3.8) is 0 Å². The van der Waals surface area contributed by atoms with Crippen molar-refractivity contribution in [1.82, 2.24) is 9.80 Å². The van der Waals surface area contributed by atoms with Gasteiger partial charge in [0.05, 0.1) is 0 Å². The normalized spacial score (nSPS) is 17.9. The average Bonchev–Trinajstić information content (AvgIpc) is 2.31. The minimum absolute atomic E-state index is 0.0888. The van der Waals surface area contributed by atoms with Gasteiger partial charge in [-0.1, -0.05) is 0 Å². The second-order valence-corrected chi connectivity index (χ2v) is 4.84. The second kappa shape index (κ2) is 5.46. The fourth-order valence-electron chi connectivity index (χ4n) is 2.16. The van der Waals surface area contributed by atoms with Gasteiger partial charge in [0.2, 0.25) is 0 Å². The molecular formula is C13H19FN4. The quantitative estimate of drug-likeness (QED) is 0.618. The monoisotopic (exact) mass is 250 g/mol. The van der Waals surface area contributed by atoms with E-state index in [4.69, 9.17) is 11.1 Å². The van der Waals surface area contributed by atoms with Crippen LogP contribution in [0.5, 0.6) is 0 Å². The number of rotatable bonds is 3. The van der Waals surface area contributed by atoms with Crippen molar-refractivity contribution < 1.29 is 4.39 Å². The highest BCUT2D eigenvalue weighted by Gasteiger charge is 2.14. The van der Waals surface area contributed by atoms with Crippen LogP contribution in [0.15, 0.2) is 18.2 Å². The van der Waals surface area contributed by atoms with E-state index >= 15 is 0 Å². The van der Waals surface area contributed by atoms with Gasteiger partial charge in [0.25, 0.3) is 0 Å². The lowest BCUT2D eigenvalue weighted by molar-refractivity contribution is 0.148. The first-order valence-electron chi connectivity index (χ1n) is 6.09. The van der Waals surface area contributed by atoms with Gasteiger partial charge < -0.3 is 10.6 Å². The third kappa shape index (κ3) is 3.27. The summed E-state index contributed by atoms with van der Waals surface area (Å²) < 4.78 is 13.4. The molecule has 0 radical (unpaired) electrons. The van der Waals surface area contributed by atoms with Gasteiger partial charge in [-0.2, -0.15) is 0 Å². The van der Waals surface area contributed by atoms with Crippen LogP contribution in [0.2, 0.25) is 0 Å². The lowest BCUT2D eigenvalue weighted by Gasteiger charge is -2.32. The molecule has 1 aromatic carbocycles. The van der Waals surface area contributed by atoms with E-state index in [0.29, 0.717) is 12.1 Å². The number of nitrogens with two attached hydrogens (primary N) is 1. The average molecular weight is 250 g/mol. The van der Waals surface area contributed by atoms with Crippen molar-refractivity contribution in [2.75, 3.05) is 33.2 Å². The van der Waals surface area contributed by atoms with Crippen molar-refractivity contribution in [3.05, 3.63) is 35.1 Å². The fourth-order valence-corrected chi connectivity index (χ4v) is 2.16. The maximum atomic E-state index is 13.4. The van der Waals surface area contributed by atoms with Gasteiger partial charge in [-0.25, -0.2) is 4.39 Å². The second-order valence-electron chi connectivity index (χ2n) is 4.84. The van der Waals surface area contributed by atoms with Crippen LogP contribution in [0.4, 0.5) is 4.39 Å². The molecule has 4 nitrogen and oxygen atoms in total. The topological polar surface area (TPSA) is 56.4 Å². The summed E-state index contributed by atoms with van der Waals surface area (Å²) >= 11 is 0. The predicted molar refractivity (Wildman–Crippen MR) is 70.2 cm³/mol. The van der Waals surface area contributed by atoms with Crippen molar-refractivity contribution >= 4 is 5.84 Å². The zero-order valence-electron chi connectivity index (χ0n) is 10.6. The number of nitrogen functional groups attached to an aromatic ring is 1. The molecule has 0 aromatic heterocycles. The Morgan fingerprint density at radius 2 is 1.94 bits per heavy atom. The van der Waals surface area contributed by atoms with Crippen LogP contribution in [0.1, 0.15) is 11.1 Å². The summed E-state index contributed by atoms with van der Waals surface area (Å²) in [7, 11) is 2.10. The molecule has 0 unspecified atom stereocenters. The molecule has 1 aliphatic rings. The zero-order valence-corrected chi connectivity index (χ0v) is 10.6. The van der Waals surface area contributed by atoms with Crippen LogP contribution >= 0.6 is 0 Å². The number of hydrogen-bond donors (Lipinski definition) is 2. The number of benzene rings is 1. The first-order valence-corrected chi connectivity index (χ1v) is 6.09. The van der Waals surface area contributed by atoms with Gasteiger partial charge in [-0.05, 0) is 30.8 Å². The number of amidine groups is 1. The molecule has 0 spiro atoms. The molecule has 0 saturated carbocycles. The van der Waals surface area contributed by atoms with E-state index in [-0.39, 0.29) is 11.7 Å². The molecule has 3 N–H and O–H groups in total. The Morgan fingerprint density at radius 1 is 1.28 bits per heavy atom. The Hall–Kier alpha value is -1.46. The zero-order chi connectivity index (χ0) is 13.1. The van der Waals surface area contributed by atoms with Gasteiger partial charge in [0, 0.05) is 38.3 Å². The molecular weight excluding hydrogens is 231 g/mol. The van der Waals surface area contributed by atoms with E-state index in [1.54, 1.807) is 6.07 Å². The smallest absolute Gasteiger partial charge is 0.124 e. The Labute approximate surface area is 107 Å². The number of hydrogen-bond acceptors (Lipinski definition) is 3. The molecule has 18 heavy (non-hydrogen) atoms. The highest BCUT2D eigenvalue weighted by atomic mass is 19.1. The minimum Gasteiger partial charge on any atom is -0.384 e. The number of halogens is 1. The third-order valence-corrected chi connectivity index (χ3v) is 3.27. The Kier molecular flexibility index (Phi) is 3.93. The molecule has 1 aromatic rings. The van der Waals surface area contributed by atoms with E-state index in [9.17, 15) is 4.39 Å². The molecule has 2 rings (SSSR count). The number of nitrogens with zero attached hydrogens (tertiary/aromatic N) is 2. The maximum absolute atomic E-state index is 13.4. The lowest BCUT2D eigenvalue weighted by Crippen LogP contribution is -2.43. The van der Waals surface area contributed by atoms with Gasteiger partial charge in [0.1, 0.15) is 11.7 Å². The summed E-state index contributed by atoms with van der Waals surface area (Å²) in [6.45, 7) is 4.76. The van der Waals surface area contributed by atoms with Gasteiger partial charge >= 0.3 is 0 Å². The summed E-state index contributed by atoms with van der Waals surface area (Å²) in [6.07, 6.45) is 0. The first kappa shape index (κ1) is 13.0. The summed E-state index contributed by atoms with van der Waals surface area (Å²) in [5, 5.41) is 7.37. The molecule has 0 amide bonds. The van der Waals surface area contributed by atoms with Crippen LogP contribution in [0.3, 0.4) is 0 Å². The summed E-state index contributed by atoms with van der Waals surface area (Å²) in [6, 6.07) is 4.62. The Bertz CT molecular complexity index is 439. The van der Waals surface area contributed by atoms with Crippen LogP contribution in [-0.2, 0) is 6.54 Å². The predicted octanol–water partition coefficient (Wildman–Crippen LogP) is 0.857. The molecule has 1 saturated heterocycles. The van der Waals surface area contributed by atoms with E-state index < -0.39 is 0 Å². The van der Waals surface area contributed by atoms with E-state index in [0.717, 1.165) is 31.7 Å². The van der Waals surface area contributed by atoms with Crippen LogP contribution in [0.25, 0.3) is 0 Å². The van der Waals surface area contributed by atoms with Crippen LogP contribution < -0.4 is 5.73 Å². The summed E-state index contributed by atoms with van der Waals surface area (Å²) in [5.41, 5.74) is 6.74. The highest BCUT2D eigenvalue weighted by Crippen LogP contribution is 2.12. The molecule has 0 atom stereocenters. The molecule has 1 fully saturated rings. The summed E-state index contributed by atoms with van der Waals surface area (Å²) in [4.78, 5) is 4.57. The maximum Gasteiger partial charge on any atom is 0.124 e. The van der Waals surface area contributed by atoms with Crippen LogP contribution in [-0.4, -0.2) is 48.9 Å². The number of nitrogens with one attached hydrogen (secondary N) is 1. The highest BCUT2D eigenvalue weighted by molar-refractivity contribution is 5.95. The molecule has 0 aliphatic carbocycles.